The number of hydrogen-bond acceptors (Lipinski definition) is 5. The Morgan fingerprint density at radius 3 is 2.77 bits per heavy atom. The highest BCUT2D eigenvalue weighted by Gasteiger charge is 2.37. The van der Waals surface area contributed by atoms with E-state index in [0.717, 1.165) is 30.6 Å². The van der Waals surface area contributed by atoms with Gasteiger partial charge in [0.1, 0.15) is 24.7 Å². The Bertz CT molecular complexity index is 908. The Hall–Kier alpha value is -2.54. The molecule has 2 aliphatic rings. The Balaban J connectivity index is 1.50. The van der Waals surface area contributed by atoms with Crippen molar-refractivity contribution in [2.45, 2.75) is 44.7 Å². The molecule has 4 rings (SSSR count). The number of benzene rings is 1. The van der Waals surface area contributed by atoms with Gasteiger partial charge in [0.2, 0.25) is 11.8 Å². The van der Waals surface area contributed by atoms with Crippen molar-refractivity contribution < 1.29 is 19.1 Å². The lowest BCUT2D eigenvalue weighted by atomic mass is 10.0. The van der Waals surface area contributed by atoms with Crippen LogP contribution in [0.3, 0.4) is 0 Å². The molecule has 2 heterocycles. The minimum absolute atomic E-state index is 0.000192. The molecule has 0 spiro atoms. The van der Waals surface area contributed by atoms with Crippen LogP contribution >= 0.6 is 11.3 Å². The molecule has 2 aromatic rings. The summed E-state index contributed by atoms with van der Waals surface area (Å²) >= 11 is 1.73. The Labute approximate surface area is 181 Å². The van der Waals surface area contributed by atoms with Gasteiger partial charge in [0, 0.05) is 30.0 Å². The largest absolute Gasteiger partial charge is 0.497 e. The molecule has 0 radical (unpaired) electrons. The third kappa shape index (κ3) is 4.46. The molecule has 6 nitrogen and oxygen atoms in total. The molecule has 1 saturated carbocycles. The van der Waals surface area contributed by atoms with Gasteiger partial charge in [0.15, 0.2) is 0 Å². The summed E-state index contributed by atoms with van der Waals surface area (Å²) in [6, 6.07) is 9.66. The predicted molar refractivity (Wildman–Crippen MR) is 116 cm³/mol. The van der Waals surface area contributed by atoms with E-state index >= 15 is 0 Å². The average molecular weight is 429 g/mol. The van der Waals surface area contributed by atoms with Gasteiger partial charge in [-0.2, -0.15) is 0 Å². The van der Waals surface area contributed by atoms with E-state index in [0.29, 0.717) is 25.3 Å². The second-order valence-electron chi connectivity index (χ2n) is 7.75. The van der Waals surface area contributed by atoms with Crippen LogP contribution in [0.15, 0.2) is 35.7 Å². The summed E-state index contributed by atoms with van der Waals surface area (Å²) in [5.41, 5.74) is 1.15. The maximum Gasteiger partial charge on any atom is 0.242 e. The van der Waals surface area contributed by atoms with Gasteiger partial charge >= 0.3 is 0 Å². The highest BCUT2D eigenvalue weighted by atomic mass is 32.1. The summed E-state index contributed by atoms with van der Waals surface area (Å²) in [6.07, 6.45) is 3.27. The van der Waals surface area contributed by atoms with E-state index in [4.69, 9.17) is 9.47 Å². The third-order valence-corrected chi connectivity index (χ3v) is 6.78. The first-order valence-corrected chi connectivity index (χ1v) is 11.4. The molecule has 1 fully saturated rings. The standard InChI is InChI=1S/C23H28N2O4S/c1-3-22(26)25(16-7-8-16)14-23(27)24-11-9-21-19(10-12-30-21)20(24)15-29-18-6-4-5-17(13-18)28-2/h4-6,10,12-13,16,20H,3,7-9,11,14-15H2,1-2H3/t20-/m1/s1. The molecular formula is C23H28N2O4S. The molecule has 0 saturated heterocycles. The van der Waals surface area contributed by atoms with Crippen LogP contribution < -0.4 is 9.47 Å². The van der Waals surface area contributed by atoms with Gasteiger partial charge in [-0.15, -0.1) is 11.3 Å². The summed E-state index contributed by atoms with van der Waals surface area (Å²) in [5.74, 6) is 1.51. The van der Waals surface area contributed by atoms with Gasteiger partial charge in [-0.1, -0.05) is 13.0 Å². The molecule has 1 aromatic heterocycles. The summed E-state index contributed by atoms with van der Waals surface area (Å²) in [6.45, 7) is 3.03. The second kappa shape index (κ2) is 9.08. The fourth-order valence-electron chi connectivity index (χ4n) is 3.99. The van der Waals surface area contributed by atoms with Crippen molar-refractivity contribution in [3.8, 4) is 11.5 Å². The van der Waals surface area contributed by atoms with E-state index in [9.17, 15) is 9.59 Å². The van der Waals surface area contributed by atoms with Crippen LogP contribution in [0.25, 0.3) is 0 Å². The predicted octanol–water partition coefficient (Wildman–Crippen LogP) is 3.66. The zero-order valence-electron chi connectivity index (χ0n) is 17.5. The van der Waals surface area contributed by atoms with E-state index in [-0.39, 0.29) is 30.4 Å². The lowest BCUT2D eigenvalue weighted by Crippen LogP contribution is -2.48. The number of nitrogens with zero attached hydrogens (tertiary/aromatic N) is 2. The van der Waals surface area contributed by atoms with Gasteiger partial charge in [0.05, 0.1) is 13.2 Å². The molecule has 160 valence electrons. The number of ether oxygens (including phenoxy) is 2. The highest BCUT2D eigenvalue weighted by molar-refractivity contribution is 7.10. The van der Waals surface area contributed by atoms with Crippen molar-refractivity contribution in [2.24, 2.45) is 0 Å². The van der Waals surface area contributed by atoms with E-state index < -0.39 is 0 Å². The smallest absolute Gasteiger partial charge is 0.242 e. The third-order valence-electron chi connectivity index (χ3n) is 5.78. The summed E-state index contributed by atoms with van der Waals surface area (Å²) in [7, 11) is 1.63. The lowest BCUT2D eigenvalue weighted by molar-refractivity contribution is -0.143. The molecule has 1 atom stereocenters. The van der Waals surface area contributed by atoms with E-state index in [1.807, 2.05) is 36.1 Å². The normalized spacial score (nSPS) is 17.9. The maximum absolute atomic E-state index is 13.3. The van der Waals surface area contributed by atoms with Crippen LogP contribution in [0.2, 0.25) is 0 Å². The van der Waals surface area contributed by atoms with Gasteiger partial charge in [-0.25, -0.2) is 0 Å². The minimum atomic E-state index is -0.156. The van der Waals surface area contributed by atoms with Crippen LogP contribution in [0.1, 0.15) is 42.7 Å². The zero-order chi connectivity index (χ0) is 21.1. The van der Waals surface area contributed by atoms with E-state index in [1.165, 1.54) is 4.88 Å². The Morgan fingerprint density at radius 1 is 1.23 bits per heavy atom. The lowest BCUT2D eigenvalue weighted by Gasteiger charge is -2.37. The molecule has 2 amide bonds. The number of thiophene rings is 1. The van der Waals surface area contributed by atoms with E-state index in [1.54, 1.807) is 23.3 Å². The molecular weight excluding hydrogens is 400 g/mol. The van der Waals surface area contributed by atoms with E-state index in [2.05, 4.69) is 11.4 Å². The van der Waals surface area contributed by atoms with Crippen LogP contribution in [0.5, 0.6) is 11.5 Å². The number of hydrogen-bond donors (Lipinski definition) is 0. The molecule has 0 bridgehead atoms. The molecule has 0 unspecified atom stereocenters. The average Bonchev–Trinajstić information content (AvgIpc) is 3.50. The van der Waals surface area contributed by atoms with Gasteiger partial charge in [-0.05, 0) is 48.4 Å². The van der Waals surface area contributed by atoms with Gasteiger partial charge in [0.25, 0.3) is 0 Å². The molecule has 1 aliphatic heterocycles. The monoisotopic (exact) mass is 428 g/mol. The van der Waals surface area contributed by atoms with Gasteiger partial charge < -0.3 is 19.3 Å². The SMILES string of the molecule is CCC(=O)N(CC(=O)N1CCc2sccc2[C@H]1COc1cccc(OC)c1)C1CC1. The summed E-state index contributed by atoms with van der Waals surface area (Å²) in [4.78, 5) is 30.6. The molecule has 1 aromatic carbocycles. The quantitative estimate of drug-likeness (QED) is 0.644. The van der Waals surface area contributed by atoms with Crippen molar-refractivity contribution >= 4 is 23.2 Å². The second-order valence-corrected chi connectivity index (χ2v) is 8.75. The summed E-state index contributed by atoms with van der Waals surface area (Å²) < 4.78 is 11.4. The minimum Gasteiger partial charge on any atom is -0.497 e. The molecule has 0 N–H and O–H groups in total. The number of amides is 2. The van der Waals surface area contributed by atoms with Gasteiger partial charge in [-0.3, -0.25) is 9.59 Å². The first-order valence-electron chi connectivity index (χ1n) is 10.5. The number of fused-ring (bicyclic) bond motifs is 1. The summed E-state index contributed by atoms with van der Waals surface area (Å²) in [5, 5.41) is 2.08. The highest BCUT2D eigenvalue weighted by Crippen LogP contribution is 2.35. The van der Waals surface area contributed by atoms with Crippen LogP contribution in [-0.2, 0) is 16.0 Å². The van der Waals surface area contributed by atoms with Crippen LogP contribution in [-0.4, -0.2) is 54.5 Å². The molecule has 7 heteroatoms. The number of carbonyl (C=O) groups is 2. The molecule has 1 aliphatic carbocycles. The Kier molecular flexibility index (Phi) is 6.27. The van der Waals surface area contributed by atoms with Crippen molar-refractivity contribution in [1.29, 1.82) is 0 Å². The molecule has 30 heavy (non-hydrogen) atoms. The number of rotatable bonds is 8. The fourth-order valence-corrected chi connectivity index (χ4v) is 4.92. The van der Waals surface area contributed by atoms with Crippen LogP contribution in [0, 0.1) is 0 Å². The maximum atomic E-state index is 13.3. The van der Waals surface area contributed by atoms with Crippen molar-refractivity contribution in [1.82, 2.24) is 9.80 Å². The first-order chi connectivity index (χ1) is 14.6. The number of methoxy groups -OCH3 is 1. The van der Waals surface area contributed by atoms with Crippen LogP contribution in [0.4, 0.5) is 0 Å². The Morgan fingerprint density at radius 2 is 2.03 bits per heavy atom. The zero-order valence-corrected chi connectivity index (χ0v) is 18.3. The topological polar surface area (TPSA) is 59.1 Å². The van der Waals surface area contributed by atoms with Crippen molar-refractivity contribution in [3.63, 3.8) is 0 Å². The number of carbonyl (C=O) groups excluding carboxylic acids is 2. The fraction of sp³-hybridized carbons (Fsp3) is 0.478. The first kappa shape index (κ1) is 20.7. The van der Waals surface area contributed by atoms with Crippen molar-refractivity contribution in [3.05, 3.63) is 46.2 Å². The van der Waals surface area contributed by atoms with Crippen molar-refractivity contribution in [2.75, 3.05) is 26.8 Å².